The van der Waals surface area contributed by atoms with Crippen LogP contribution in [0.25, 0.3) is 0 Å². The lowest BCUT2D eigenvalue weighted by Gasteiger charge is -2.25. The van der Waals surface area contributed by atoms with Gasteiger partial charge in [0, 0.05) is 6.61 Å². The van der Waals surface area contributed by atoms with Gasteiger partial charge >= 0.3 is 0 Å². The minimum Gasteiger partial charge on any atom is -0.388 e. The fourth-order valence-corrected chi connectivity index (χ4v) is 1.85. The molecule has 5 heteroatoms. The Bertz CT molecular complexity index is 197. The van der Waals surface area contributed by atoms with E-state index in [-0.39, 0.29) is 13.2 Å². The lowest BCUT2D eigenvalue weighted by Crippen LogP contribution is -2.46. The fraction of sp³-hybridized carbons (Fsp3) is 1.00. The molecule has 2 heterocycles. The first kappa shape index (κ1) is 9.36. The molecule has 0 amide bonds. The second-order valence-electron chi connectivity index (χ2n) is 3.37. The Morgan fingerprint density at radius 3 is 3.00 bits per heavy atom. The highest BCUT2D eigenvalue weighted by Crippen LogP contribution is 2.34. The molecular formula is C8H14O5. The van der Waals surface area contributed by atoms with E-state index in [9.17, 15) is 10.2 Å². The van der Waals surface area contributed by atoms with Crippen LogP contribution < -0.4 is 0 Å². The minimum atomic E-state index is -1.38. The molecular weight excluding hydrogens is 176 g/mol. The third-order valence-electron chi connectivity index (χ3n) is 2.45. The number of fused-ring (bicyclic) bond motifs is 1. The largest absolute Gasteiger partial charge is 0.388 e. The van der Waals surface area contributed by atoms with E-state index < -0.39 is 24.1 Å². The number of hydrogen-bond acceptors (Lipinski definition) is 5. The average molecular weight is 190 g/mol. The Morgan fingerprint density at radius 1 is 1.54 bits per heavy atom. The molecule has 2 saturated heterocycles. The fourth-order valence-electron chi connectivity index (χ4n) is 1.85. The Kier molecular flexibility index (Phi) is 2.29. The van der Waals surface area contributed by atoms with E-state index in [2.05, 4.69) is 0 Å². The van der Waals surface area contributed by atoms with E-state index in [4.69, 9.17) is 14.2 Å². The smallest absolute Gasteiger partial charge is 0.219 e. The van der Waals surface area contributed by atoms with E-state index in [1.807, 2.05) is 0 Å². The van der Waals surface area contributed by atoms with Crippen LogP contribution in [-0.2, 0) is 14.2 Å². The highest BCUT2D eigenvalue weighted by molar-refractivity contribution is 4.99. The molecule has 2 aliphatic heterocycles. The first-order valence-corrected chi connectivity index (χ1v) is 4.45. The van der Waals surface area contributed by atoms with Gasteiger partial charge in [0.25, 0.3) is 0 Å². The van der Waals surface area contributed by atoms with Crippen LogP contribution in [0.2, 0.25) is 0 Å². The minimum absolute atomic E-state index is 0.0627. The quantitative estimate of drug-likeness (QED) is 0.539. The molecule has 2 fully saturated rings. The van der Waals surface area contributed by atoms with Gasteiger partial charge in [-0.2, -0.15) is 0 Å². The van der Waals surface area contributed by atoms with Gasteiger partial charge in [0.1, 0.15) is 24.9 Å². The molecule has 0 saturated carbocycles. The maximum Gasteiger partial charge on any atom is 0.219 e. The Hall–Kier alpha value is -0.200. The van der Waals surface area contributed by atoms with Crippen molar-refractivity contribution in [3.63, 3.8) is 0 Å². The maximum absolute atomic E-state index is 9.90. The lowest BCUT2D eigenvalue weighted by molar-refractivity contribution is -0.241. The van der Waals surface area contributed by atoms with E-state index >= 15 is 0 Å². The van der Waals surface area contributed by atoms with Gasteiger partial charge in [-0.25, -0.2) is 0 Å². The second-order valence-corrected chi connectivity index (χ2v) is 3.37. The van der Waals surface area contributed by atoms with Gasteiger partial charge in [-0.05, 0) is 6.92 Å². The SMILES string of the molecule is CCO[C@@]1(O)CO[C@@H]2[C@H](O)CO[C@@H]21. The van der Waals surface area contributed by atoms with Gasteiger partial charge in [0.05, 0.1) is 6.61 Å². The van der Waals surface area contributed by atoms with Crippen LogP contribution in [0.4, 0.5) is 0 Å². The summed E-state index contributed by atoms with van der Waals surface area (Å²) in [5.41, 5.74) is 0. The molecule has 2 aliphatic rings. The summed E-state index contributed by atoms with van der Waals surface area (Å²) in [4.78, 5) is 0. The highest BCUT2D eigenvalue weighted by atomic mass is 16.7. The Balaban J connectivity index is 2.09. The van der Waals surface area contributed by atoms with Crippen molar-refractivity contribution >= 4 is 0 Å². The Morgan fingerprint density at radius 2 is 2.31 bits per heavy atom. The Labute approximate surface area is 76.2 Å². The zero-order valence-electron chi connectivity index (χ0n) is 7.47. The molecule has 0 bridgehead atoms. The summed E-state index contributed by atoms with van der Waals surface area (Å²) < 4.78 is 15.6. The van der Waals surface area contributed by atoms with Crippen molar-refractivity contribution in [2.75, 3.05) is 19.8 Å². The highest BCUT2D eigenvalue weighted by Gasteiger charge is 2.56. The predicted molar refractivity (Wildman–Crippen MR) is 42.1 cm³/mol. The zero-order chi connectivity index (χ0) is 9.47. The van der Waals surface area contributed by atoms with Crippen LogP contribution in [0.1, 0.15) is 6.92 Å². The van der Waals surface area contributed by atoms with E-state index in [1.165, 1.54) is 0 Å². The van der Waals surface area contributed by atoms with Crippen LogP contribution in [-0.4, -0.2) is 54.1 Å². The molecule has 76 valence electrons. The van der Waals surface area contributed by atoms with Gasteiger partial charge in [0.15, 0.2) is 0 Å². The van der Waals surface area contributed by atoms with Crippen molar-refractivity contribution in [1.82, 2.24) is 0 Å². The molecule has 2 N–H and O–H groups in total. The van der Waals surface area contributed by atoms with Gasteiger partial charge in [-0.3, -0.25) is 0 Å². The molecule has 0 aromatic carbocycles. The number of rotatable bonds is 2. The lowest BCUT2D eigenvalue weighted by atomic mass is 10.1. The summed E-state index contributed by atoms with van der Waals surface area (Å²) in [6.07, 6.45) is -1.65. The number of aliphatic hydroxyl groups excluding tert-OH is 1. The van der Waals surface area contributed by atoms with Crippen LogP contribution in [0.5, 0.6) is 0 Å². The molecule has 0 unspecified atom stereocenters. The van der Waals surface area contributed by atoms with Gasteiger partial charge in [-0.1, -0.05) is 0 Å². The number of hydrogen-bond donors (Lipinski definition) is 2. The average Bonchev–Trinajstić information content (AvgIpc) is 2.58. The molecule has 0 aromatic rings. The standard InChI is InChI=1S/C8H14O5/c1-2-13-8(10)4-12-6-5(9)3-11-7(6)8/h5-7,9-10H,2-4H2,1H3/t5-,6-,7+,8+/m1/s1. The van der Waals surface area contributed by atoms with Crippen molar-refractivity contribution in [3.8, 4) is 0 Å². The summed E-state index contributed by atoms with van der Waals surface area (Å²) in [7, 11) is 0. The van der Waals surface area contributed by atoms with Crippen LogP contribution in [0.15, 0.2) is 0 Å². The van der Waals surface area contributed by atoms with Gasteiger partial charge in [0.2, 0.25) is 5.79 Å². The molecule has 0 aliphatic carbocycles. The predicted octanol–water partition coefficient (Wildman–Crippen LogP) is -1.13. The zero-order valence-corrected chi connectivity index (χ0v) is 7.47. The number of aliphatic hydroxyl groups is 2. The van der Waals surface area contributed by atoms with Crippen molar-refractivity contribution in [2.24, 2.45) is 0 Å². The van der Waals surface area contributed by atoms with Crippen molar-refractivity contribution in [2.45, 2.75) is 31.0 Å². The second kappa shape index (κ2) is 3.18. The topological polar surface area (TPSA) is 68.2 Å². The molecule has 5 nitrogen and oxygen atoms in total. The summed E-state index contributed by atoms with van der Waals surface area (Å²) in [6, 6.07) is 0. The molecule has 0 radical (unpaired) electrons. The molecule has 2 rings (SSSR count). The van der Waals surface area contributed by atoms with Gasteiger partial charge < -0.3 is 24.4 Å². The van der Waals surface area contributed by atoms with Crippen LogP contribution in [0, 0.1) is 0 Å². The van der Waals surface area contributed by atoms with Crippen molar-refractivity contribution < 1.29 is 24.4 Å². The summed E-state index contributed by atoms with van der Waals surface area (Å²) >= 11 is 0. The van der Waals surface area contributed by atoms with Crippen LogP contribution in [0.3, 0.4) is 0 Å². The van der Waals surface area contributed by atoms with Crippen molar-refractivity contribution in [3.05, 3.63) is 0 Å². The first-order chi connectivity index (χ1) is 6.17. The molecule has 0 spiro atoms. The molecule has 0 aromatic heterocycles. The first-order valence-electron chi connectivity index (χ1n) is 4.45. The maximum atomic E-state index is 9.90. The third-order valence-corrected chi connectivity index (χ3v) is 2.45. The summed E-state index contributed by atoms with van der Waals surface area (Å²) in [5, 5.41) is 19.3. The van der Waals surface area contributed by atoms with E-state index in [0.29, 0.717) is 6.61 Å². The summed E-state index contributed by atoms with van der Waals surface area (Å²) in [6.45, 7) is 2.44. The monoisotopic (exact) mass is 190 g/mol. The van der Waals surface area contributed by atoms with E-state index in [1.54, 1.807) is 6.92 Å². The summed E-state index contributed by atoms with van der Waals surface area (Å²) in [5.74, 6) is -1.38. The van der Waals surface area contributed by atoms with E-state index in [0.717, 1.165) is 0 Å². The molecule has 4 atom stereocenters. The van der Waals surface area contributed by atoms with Gasteiger partial charge in [-0.15, -0.1) is 0 Å². The van der Waals surface area contributed by atoms with Crippen LogP contribution >= 0.6 is 0 Å². The van der Waals surface area contributed by atoms with Crippen molar-refractivity contribution in [1.29, 1.82) is 0 Å². The molecule has 13 heavy (non-hydrogen) atoms. The number of ether oxygens (including phenoxy) is 3. The normalized spacial score (nSPS) is 49.6. The third kappa shape index (κ3) is 1.37.